The van der Waals surface area contributed by atoms with Gasteiger partial charge in [0.25, 0.3) is 0 Å². The monoisotopic (exact) mass is 289 g/mol. The molecule has 2 aromatic rings. The minimum atomic E-state index is 0.300. The van der Waals surface area contributed by atoms with Gasteiger partial charge in [0.15, 0.2) is 0 Å². The van der Waals surface area contributed by atoms with Gasteiger partial charge in [-0.15, -0.1) is 0 Å². The molecule has 0 amide bonds. The molecule has 0 saturated heterocycles. The SMILES string of the molecule is CCNC(C)c1ccc2ccccc2c1OCCSC. The van der Waals surface area contributed by atoms with Crippen molar-refractivity contribution in [2.24, 2.45) is 0 Å². The molecule has 0 aromatic heterocycles. The van der Waals surface area contributed by atoms with Crippen LogP contribution in [0.25, 0.3) is 10.8 Å². The van der Waals surface area contributed by atoms with Crippen molar-refractivity contribution >= 4 is 22.5 Å². The number of hydrogen-bond donors (Lipinski definition) is 1. The predicted octanol–water partition coefficient (Wildman–Crippen LogP) is 4.25. The van der Waals surface area contributed by atoms with Gasteiger partial charge in [-0.05, 0) is 25.1 Å². The molecule has 0 bridgehead atoms. The smallest absolute Gasteiger partial charge is 0.131 e. The minimum absolute atomic E-state index is 0.300. The van der Waals surface area contributed by atoms with Gasteiger partial charge in [-0.1, -0.05) is 43.3 Å². The summed E-state index contributed by atoms with van der Waals surface area (Å²) in [7, 11) is 0. The fourth-order valence-electron chi connectivity index (χ4n) is 2.41. The summed E-state index contributed by atoms with van der Waals surface area (Å²) >= 11 is 1.81. The molecule has 0 heterocycles. The second kappa shape index (κ2) is 7.55. The maximum absolute atomic E-state index is 6.10. The third-order valence-electron chi connectivity index (χ3n) is 3.42. The Hall–Kier alpha value is -1.19. The highest BCUT2D eigenvalue weighted by Crippen LogP contribution is 2.33. The van der Waals surface area contributed by atoms with Gasteiger partial charge < -0.3 is 10.1 Å². The van der Waals surface area contributed by atoms with E-state index in [4.69, 9.17) is 4.74 Å². The standard InChI is InChI=1S/C17H23NOS/c1-4-18-13(2)15-10-9-14-7-5-6-8-16(14)17(15)19-11-12-20-3/h5-10,13,18H,4,11-12H2,1-3H3. The van der Waals surface area contributed by atoms with Crippen molar-refractivity contribution < 1.29 is 4.74 Å². The van der Waals surface area contributed by atoms with Crippen LogP contribution in [-0.2, 0) is 0 Å². The van der Waals surface area contributed by atoms with E-state index >= 15 is 0 Å². The van der Waals surface area contributed by atoms with E-state index in [9.17, 15) is 0 Å². The maximum atomic E-state index is 6.10. The molecule has 0 radical (unpaired) electrons. The second-order valence-electron chi connectivity index (χ2n) is 4.83. The third kappa shape index (κ3) is 3.47. The predicted molar refractivity (Wildman–Crippen MR) is 89.9 cm³/mol. The summed E-state index contributed by atoms with van der Waals surface area (Å²) in [5.74, 6) is 2.05. The van der Waals surface area contributed by atoms with Gasteiger partial charge in [0.1, 0.15) is 5.75 Å². The number of rotatable bonds is 7. The van der Waals surface area contributed by atoms with Crippen LogP contribution in [0.5, 0.6) is 5.75 Å². The largest absolute Gasteiger partial charge is 0.492 e. The van der Waals surface area contributed by atoms with Gasteiger partial charge in [0.2, 0.25) is 0 Å². The summed E-state index contributed by atoms with van der Waals surface area (Å²) in [6, 6.07) is 13.1. The highest BCUT2D eigenvalue weighted by atomic mass is 32.2. The van der Waals surface area contributed by atoms with Crippen molar-refractivity contribution in [3.05, 3.63) is 42.0 Å². The van der Waals surface area contributed by atoms with Gasteiger partial charge in [-0.25, -0.2) is 0 Å². The number of thioether (sulfide) groups is 1. The zero-order valence-electron chi connectivity index (χ0n) is 12.5. The van der Waals surface area contributed by atoms with Crippen LogP contribution in [0.2, 0.25) is 0 Å². The number of nitrogens with one attached hydrogen (secondary N) is 1. The van der Waals surface area contributed by atoms with Gasteiger partial charge in [-0.3, -0.25) is 0 Å². The van der Waals surface area contributed by atoms with Crippen LogP contribution in [-0.4, -0.2) is 25.2 Å². The molecule has 1 atom stereocenters. The molecule has 2 rings (SSSR count). The molecular weight excluding hydrogens is 266 g/mol. The van der Waals surface area contributed by atoms with Crippen molar-refractivity contribution in [3.8, 4) is 5.75 Å². The first-order valence-electron chi connectivity index (χ1n) is 7.14. The van der Waals surface area contributed by atoms with Crippen LogP contribution in [0.1, 0.15) is 25.5 Å². The zero-order valence-corrected chi connectivity index (χ0v) is 13.3. The minimum Gasteiger partial charge on any atom is -0.492 e. The molecule has 0 aliphatic rings. The van der Waals surface area contributed by atoms with E-state index in [0.717, 1.165) is 24.7 Å². The second-order valence-corrected chi connectivity index (χ2v) is 5.81. The van der Waals surface area contributed by atoms with Crippen LogP contribution in [0, 0.1) is 0 Å². The first kappa shape index (κ1) is 15.2. The average molecular weight is 289 g/mol. The third-order valence-corrected chi connectivity index (χ3v) is 4.00. The number of ether oxygens (including phenoxy) is 1. The average Bonchev–Trinajstić information content (AvgIpc) is 2.47. The van der Waals surface area contributed by atoms with E-state index in [1.54, 1.807) is 0 Å². The number of benzene rings is 2. The van der Waals surface area contributed by atoms with E-state index in [1.165, 1.54) is 16.3 Å². The van der Waals surface area contributed by atoms with E-state index in [1.807, 2.05) is 11.8 Å². The van der Waals surface area contributed by atoms with Crippen LogP contribution in [0.4, 0.5) is 0 Å². The van der Waals surface area contributed by atoms with Crippen molar-refractivity contribution in [1.29, 1.82) is 0 Å². The molecule has 108 valence electrons. The van der Waals surface area contributed by atoms with Gasteiger partial charge in [0.05, 0.1) is 6.61 Å². The van der Waals surface area contributed by atoms with Crippen molar-refractivity contribution in [1.82, 2.24) is 5.32 Å². The molecule has 20 heavy (non-hydrogen) atoms. The van der Waals surface area contributed by atoms with Gasteiger partial charge in [-0.2, -0.15) is 11.8 Å². The first-order valence-corrected chi connectivity index (χ1v) is 8.54. The van der Waals surface area contributed by atoms with Gasteiger partial charge in [0, 0.05) is 22.7 Å². The van der Waals surface area contributed by atoms with Crippen LogP contribution in [0.15, 0.2) is 36.4 Å². The number of hydrogen-bond acceptors (Lipinski definition) is 3. The van der Waals surface area contributed by atoms with Crippen LogP contribution < -0.4 is 10.1 Å². The molecule has 0 aliphatic heterocycles. The zero-order chi connectivity index (χ0) is 14.4. The van der Waals surface area contributed by atoms with E-state index in [0.29, 0.717) is 6.04 Å². The lowest BCUT2D eigenvalue weighted by Crippen LogP contribution is -2.19. The fourth-order valence-corrected chi connectivity index (χ4v) is 2.66. The molecular formula is C17H23NOS. The highest BCUT2D eigenvalue weighted by Gasteiger charge is 2.14. The Morgan fingerprint density at radius 1 is 1.20 bits per heavy atom. The molecule has 3 heteroatoms. The molecule has 0 fully saturated rings. The molecule has 0 aliphatic carbocycles. The number of fused-ring (bicyclic) bond motifs is 1. The Kier molecular flexibility index (Phi) is 5.74. The lowest BCUT2D eigenvalue weighted by atomic mass is 10.0. The molecule has 1 unspecified atom stereocenters. The lowest BCUT2D eigenvalue weighted by molar-refractivity contribution is 0.340. The lowest BCUT2D eigenvalue weighted by Gasteiger charge is -2.19. The summed E-state index contributed by atoms with van der Waals surface area (Å²) in [5, 5.41) is 5.91. The fraction of sp³-hybridized carbons (Fsp3) is 0.412. The summed E-state index contributed by atoms with van der Waals surface area (Å²) < 4.78 is 6.10. The van der Waals surface area contributed by atoms with E-state index in [-0.39, 0.29) is 0 Å². The Bertz CT molecular complexity index is 556. The topological polar surface area (TPSA) is 21.3 Å². The molecule has 0 saturated carbocycles. The van der Waals surface area contributed by atoms with Gasteiger partial charge >= 0.3 is 0 Å². The highest BCUT2D eigenvalue weighted by molar-refractivity contribution is 7.98. The van der Waals surface area contributed by atoms with Crippen molar-refractivity contribution in [2.45, 2.75) is 19.9 Å². The first-order chi connectivity index (χ1) is 9.77. The Labute approximate surface area is 125 Å². The quantitative estimate of drug-likeness (QED) is 0.770. The van der Waals surface area contributed by atoms with Crippen LogP contribution in [0.3, 0.4) is 0 Å². The van der Waals surface area contributed by atoms with E-state index in [2.05, 4.69) is 61.8 Å². The van der Waals surface area contributed by atoms with Crippen LogP contribution >= 0.6 is 11.8 Å². The summed E-state index contributed by atoms with van der Waals surface area (Å²) in [5.41, 5.74) is 1.24. The summed E-state index contributed by atoms with van der Waals surface area (Å²) in [4.78, 5) is 0. The Morgan fingerprint density at radius 2 is 2.00 bits per heavy atom. The Balaban J connectivity index is 2.41. The summed E-state index contributed by atoms with van der Waals surface area (Å²) in [6.07, 6.45) is 2.11. The van der Waals surface area contributed by atoms with Crippen molar-refractivity contribution in [2.75, 3.05) is 25.2 Å². The summed E-state index contributed by atoms with van der Waals surface area (Å²) in [6.45, 7) is 6.03. The van der Waals surface area contributed by atoms with E-state index < -0.39 is 0 Å². The molecule has 2 nitrogen and oxygen atoms in total. The molecule has 2 aromatic carbocycles. The Morgan fingerprint density at radius 3 is 2.75 bits per heavy atom. The maximum Gasteiger partial charge on any atom is 0.131 e. The molecule has 1 N–H and O–H groups in total. The normalized spacial score (nSPS) is 12.6. The van der Waals surface area contributed by atoms with Crippen molar-refractivity contribution in [3.63, 3.8) is 0 Å². The molecule has 0 spiro atoms.